The second kappa shape index (κ2) is 8.16. The van der Waals surface area contributed by atoms with E-state index >= 15 is 0 Å². The van der Waals surface area contributed by atoms with Gasteiger partial charge >= 0.3 is 5.97 Å². The number of anilines is 1. The van der Waals surface area contributed by atoms with Crippen molar-refractivity contribution in [2.24, 2.45) is 0 Å². The molecule has 1 aromatic rings. The molecule has 1 amide bonds. The third-order valence-electron chi connectivity index (χ3n) is 2.64. The van der Waals surface area contributed by atoms with Crippen molar-refractivity contribution in [2.75, 3.05) is 31.6 Å². The monoisotopic (exact) mass is 280 g/mol. The summed E-state index contributed by atoms with van der Waals surface area (Å²) in [7, 11) is 0. The summed E-state index contributed by atoms with van der Waals surface area (Å²) >= 11 is 0. The summed E-state index contributed by atoms with van der Waals surface area (Å²) in [6, 6.07) is 6.98. The zero-order valence-electron chi connectivity index (χ0n) is 11.8. The molecule has 0 atom stereocenters. The van der Waals surface area contributed by atoms with Gasteiger partial charge in [0.2, 0.25) is 5.91 Å². The van der Waals surface area contributed by atoms with Gasteiger partial charge in [-0.05, 0) is 24.3 Å². The Morgan fingerprint density at radius 1 is 1.20 bits per heavy atom. The van der Waals surface area contributed by atoms with Crippen LogP contribution in [0.3, 0.4) is 0 Å². The standard InChI is InChI=1S/C14H20N2O4/c1-11(18)16(9-10-17)8-7-15-13-3-5-14(6-4-13)20-12(2)19/h3-6,15,17H,7-10H2,1-2H3. The number of aliphatic hydroxyl groups excluding tert-OH is 1. The maximum atomic E-state index is 11.3. The lowest BCUT2D eigenvalue weighted by atomic mass is 10.3. The van der Waals surface area contributed by atoms with Crippen LogP contribution in [0.1, 0.15) is 13.8 Å². The van der Waals surface area contributed by atoms with Crippen LogP contribution in [0, 0.1) is 0 Å². The van der Waals surface area contributed by atoms with E-state index in [4.69, 9.17) is 9.84 Å². The summed E-state index contributed by atoms with van der Waals surface area (Å²) in [5, 5.41) is 12.0. The number of hydrogen-bond acceptors (Lipinski definition) is 5. The molecule has 2 N–H and O–H groups in total. The molecule has 0 saturated heterocycles. The number of carbonyl (C=O) groups excluding carboxylic acids is 2. The third kappa shape index (κ3) is 5.71. The molecule has 1 rings (SSSR count). The van der Waals surface area contributed by atoms with Crippen molar-refractivity contribution in [1.29, 1.82) is 0 Å². The lowest BCUT2D eigenvalue weighted by Gasteiger charge is -2.20. The number of rotatable bonds is 7. The van der Waals surface area contributed by atoms with Crippen LogP contribution in [-0.2, 0) is 9.59 Å². The van der Waals surface area contributed by atoms with Gasteiger partial charge in [0.05, 0.1) is 6.61 Å². The van der Waals surface area contributed by atoms with Gasteiger partial charge in [0.25, 0.3) is 0 Å². The van der Waals surface area contributed by atoms with Gasteiger partial charge in [-0.2, -0.15) is 0 Å². The number of aliphatic hydroxyl groups is 1. The summed E-state index contributed by atoms with van der Waals surface area (Å²) in [5.74, 6) is 0.0755. The molecular formula is C14H20N2O4. The molecule has 0 spiro atoms. The van der Waals surface area contributed by atoms with Crippen molar-refractivity contribution in [3.63, 3.8) is 0 Å². The fraction of sp³-hybridized carbons (Fsp3) is 0.429. The van der Waals surface area contributed by atoms with E-state index in [-0.39, 0.29) is 18.5 Å². The first-order valence-corrected chi connectivity index (χ1v) is 6.41. The predicted molar refractivity (Wildman–Crippen MR) is 75.6 cm³/mol. The maximum Gasteiger partial charge on any atom is 0.308 e. The number of amides is 1. The quantitative estimate of drug-likeness (QED) is 0.572. The van der Waals surface area contributed by atoms with Gasteiger partial charge in [0, 0.05) is 39.2 Å². The SMILES string of the molecule is CC(=O)Oc1ccc(NCCN(CCO)C(C)=O)cc1. The minimum atomic E-state index is -0.355. The van der Waals surface area contributed by atoms with Crippen molar-refractivity contribution in [1.82, 2.24) is 4.90 Å². The first-order chi connectivity index (χ1) is 9.52. The van der Waals surface area contributed by atoms with E-state index in [2.05, 4.69) is 5.32 Å². The Labute approximate surface area is 118 Å². The first kappa shape index (κ1) is 16.0. The van der Waals surface area contributed by atoms with Crippen LogP contribution < -0.4 is 10.1 Å². The highest BCUT2D eigenvalue weighted by Crippen LogP contribution is 2.15. The average Bonchev–Trinajstić information content (AvgIpc) is 2.39. The molecule has 0 aromatic heterocycles. The molecule has 0 radical (unpaired) electrons. The van der Waals surface area contributed by atoms with E-state index in [9.17, 15) is 9.59 Å². The lowest BCUT2D eigenvalue weighted by Crippen LogP contribution is -2.35. The zero-order valence-corrected chi connectivity index (χ0v) is 11.8. The van der Waals surface area contributed by atoms with Crippen molar-refractivity contribution >= 4 is 17.6 Å². The van der Waals surface area contributed by atoms with Crippen molar-refractivity contribution in [2.45, 2.75) is 13.8 Å². The number of hydrogen-bond donors (Lipinski definition) is 2. The molecule has 0 fully saturated rings. The lowest BCUT2D eigenvalue weighted by molar-refractivity contribution is -0.132. The third-order valence-corrected chi connectivity index (χ3v) is 2.64. The minimum absolute atomic E-state index is 0.0450. The predicted octanol–water partition coefficient (Wildman–Crippen LogP) is 0.865. The molecule has 6 nitrogen and oxygen atoms in total. The molecule has 110 valence electrons. The van der Waals surface area contributed by atoms with Gasteiger partial charge in [-0.25, -0.2) is 0 Å². The fourth-order valence-corrected chi connectivity index (χ4v) is 1.69. The summed E-state index contributed by atoms with van der Waals surface area (Å²) < 4.78 is 4.93. The number of benzene rings is 1. The topological polar surface area (TPSA) is 78.9 Å². The molecule has 0 aliphatic carbocycles. The molecular weight excluding hydrogens is 260 g/mol. The number of nitrogens with zero attached hydrogens (tertiary/aromatic N) is 1. The smallest absolute Gasteiger partial charge is 0.308 e. The first-order valence-electron chi connectivity index (χ1n) is 6.41. The second-order valence-corrected chi connectivity index (χ2v) is 4.27. The van der Waals surface area contributed by atoms with Gasteiger partial charge in [-0.1, -0.05) is 0 Å². The highest BCUT2D eigenvalue weighted by atomic mass is 16.5. The molecule has 0 unspecified atom stereocenters. The van der Waals surface area contributed by atoms with E-state index < -0.39 is 0 Å². The van der Waals surface area contributed by atoms with E-state index in [1.807, 2.05) is 0 Å². The fourth-order valence-electron chi connectivity index (χ4n) is 1.69. The Morgan fingerprint density at radius 2 is 1.85 bits per heavy atom. The number of carbonyl (C=O) groups is 2. The maximum absolute atomic E-state index is 11.3. The molecule has 0 saturated carbocycles. The average molecular weight is 280 g/mol. The molecule has 1 aromatic carbocycles. The molecule has 0 bridgehead atoms. The van der Waals surface area contributed by atoms with Crippen LogP contribution in [-0.4, -0.2) is 48.1 Å². The summed E-state index contributed by atoms with van der Waals surface area (Å²) in [6.45, 7) is 4.21. The minimum Gasteiger partial charge on any atom is -0.427 e. The molecule has 20 heavy (non-hydrogen) atoms. The highest BCUT2D eigenvalue weighted by molar-refractivity contribution is 5.73. The number of ether oxygens (including phenoxy) is 1. The van der Waals surface area contributed by atoms with Gasteiger partial charge < -0.3 is 20.1 Å². The molecule has 0 aliphatic heterocycles. The number of esters is 1. The van der Waals surface area contributed by atoms with E-state index in [1.165, 1.54) is 13.8 Å². The largest absolute Gasteiger partial charge is 0.427 e. The van der Waals surface area contributed by atoms with Crippen LogP contribution >= 0.6 is 0 Å². The second-order valence-electron chi connectivity index (χ2n) is 4.27. The van der Waals surface area contributed by atoms with Gasteiger partial charge in [-0.15, -0.1) is 0 Å². The van der Waals surface area contributed by atoms with E-state index in [1.54, 1.807) is 29.2 Å². The highest BCUT2D eigenvalue weighted by Gasteiger charge is 2.06. The molecule has 0 aliphatic rings. The Balaban J connectivity index is 2.41. The Morgan fingerprint density at radius 3 is 2.35 bits per heavy atom. The van der Waals surface area contributed by atoms with Gasteiger partial charge in [-0.3, -0.25) is 9.59 Å². The summed E-state index contributed by atoms with van der Waals surface area (Å²) in [5.41, 5.74) is 0.869. The normalized spacial score (nSPS) is 9.95. The van der Waals surface area contributed by atoms with Crippen LogP contribution in [0.25, 0.3) is 0 Å². The Kier molecular flexibility index (Phi) is 6.52. The van der Waals surface area contributed by atoms with Crippen LogP contribution in [0.2, 0.25) is 0 Å². The van der Waals surface area contributed by atoms with Gasteiger partial charge in [0.1, 0.15) is 5.75 Å². The zero-order chi connectivity index (χ0) is 15.0. The van der Waals surface area contributed by atoms with Crippen molar-refractivity contribution in [3.8, 4) is 5.75 Å². The van der Waals surface area contributed by atoms with Crippen molar-refractivity contribution < 1.29 is 19.4 Å². The summed E-state index contributed by atoms with van der Waals surface area (Å²) in [4.78, 5) is 23.6. The molecule has 6 heteroatoms. The van der Waals surface area contributed by atoms with Crippen LogP contribution in [0.5, 0.6) is 5.75 Å². The van der Waals surface area contributed by atoms with Crippen LogP contribution in [0.4, 0.5) is 5.69 Å². The van der Waals surface area contributed by atoms with Crippen LogP contribution in [0.15, 0.2) is 24.3 Å². The summed E-state index contributed by atoms with van der Waals surface area (Å²) in [6.07, 6.45) is 0. The Hall–Kier alpha value is -2.08. The Bertz CT molecular complexity index is 445. The van der Waals surface area contributed by atoms with E-state index in [0.29, 0.717) is 25.4 Å². The van der Waals surface area contributed by atoms with Crippen molar-refractivity contribution in [3.05, 3.63) is 24.3 Å². The van der Waals surface area contributed by atoms with E-state index in [0.717, 1.165) is 5.69 Å². The number of nitrogens with one attached hydrogen (secondary N) is 1. The molecule has 0 heterocycles. The van der Waals surface area contributed by atoms with Gasteiger partial charge in [0.15, 0.2) is 0 Å².